The molecule has 0 N–H and O–H groups in total. The predicted molar refractivity (Wildman–Crippen MR) is 115 cm³/mol. The molecule has 0 unspecified atom stereocenters. The lowest BCUT2D eigenvalue weighted by molar-refractivity contribution is 1.40. The number of benzene rings is 4. The van der Waals surface area contributed by atoms with Crippen LogP contribution in [0.1, 0.15) is 0 Å². The molecule has 1 heterocycles. The van der Waals surface area contributed by atoms with Gasteiger partial charge in [0.25, 0.3) is 0 Å². The molecule has 0 amide bonds. The van der Waals surface area contributed by atoms with E-state index in [1.54, 1.807) is 0 Å². The lowest BCUT2D eigenvalue weighted by atomic mass is 9.94. The molecular weight excluding hydrogens is 350 g/mol. The van der Waals surface area contributed by atoms with Crippen molar-refractivity contribution in [3.05, 3.63) is 102 Å². The highest BCUT2D eigenvalue weighted by molar-refractivity contribution is 6.30. The van der Waals surface area contributed by atoms with Crippen molar-refractivity contribution >= 4 is 33.3 Å². The second kappa shape index (κ2) is 6.53. The summed E-state index contributed by atoms with van der Waals surface area (Å²) in [6, 6.07) is 33.3. The monoisotopic (exact) mass is 365 g/mol. The Hall–Kier alpha value is -3.16. The Kier molecular flexibility index (Phi) is 3.88. The summed E-state index contributed by atoms with van der Waals surface area (Å²) in [7, 11) is 0. The van der Waals surface area contributed by atoms with Crippen LogP contribution in [-0.4, -0.2) is 4.98 Å². The minimum absolute atomic E-state index is 0.717. The van der Waals surface area contributed by atoms with Crippen molar-refractivity contribution in [3.63, 3.8) is 0 Å². The molecule has 0 spiro atoms. The van der Waals surface area contributed by atoms with Crippen LogP contribution in [0.15, 0.2) is 97.1 Å². The normalized spacial score (nSPS) is 11.1. The van der Waals surface area contributed by atoms with Gasteiger partial charge in [-0.2, -0.15) is 0 Å². The van der Waals surface area contributed by atoms with E-state index in [4.69, 9.17) is 16.6 Å². The molecular formula is C25H16ClN. The van der Waals surface area contributed by atoms with E-state index in [0.29, 0.717) is 5.02 Å². The van der Waals surface area contributed by atoms with Crippen molar-refractivity contribution in [1.82, 2.24) is 4.98 Å². The van der Waals surface area contributed by atoms with Gasteiger partial charge in [-0.15, -0.1) is 0 Å². The van der Waals surface area contributed by atoms with E-state index < -0.39 is 0 Å². The van der Waals surface area contributed by atoms with Crippen molar-refractivity contribution < 1.29 is 0 Å². The van der Waals surface area contributed by atoms with Crippen LogP contribution in [0.5, 0.6) is 0 Å². The summed E-state index contributed by atoms with van der Waals surface area (Å²) in [6.45, 7) is 0. The molecule has 1 aromatic heterocycles. The third-order valence-corrected chi connectivity index (χ3v) is 5.14. The fourth-order valence-electron chi connectivity index (χ4n) is 3.65. The van der Waals surface area contributed by atoms with Gasteiger partial charge >= 0.3 is 0 Å². The zero-order valence-electron chi connectivity index (χ0n) is 14.6. The maximum absolute atomic E-state index is 6.22. The second-order valence-electron chi connectivity index (χ2n) is 6.61. The van der Waals surface area contributed by atoms with Crippen molar-refractivity contribution in [1.29, 1.82) is 0 Å². The van der Waals surface area contributed by atoms with Gasteiger partial charge in [0, 0.05) is 16.0 Å². The average molecular weight is 366 g/mol. The number of halogens is 1. The average Bonchev–Trinajstić information content (AvgIpc) is 2.73. The molecule has 2 heteroatoms. The van der Waals surface area contributed by atoms with Crippen LogP contribution in [0, 0.1) is 0 Å². The molecule has 0 aliphatic carbocycles. The molecule has 0 aliphatic heterocycles. The highest BCUT2D eigenvalue weighted by atomic mass is 35.5. The first kappa shape index (κ1) is 16.0. The Labute approximate surface area is 162 Å². The fraction of sp³-hybridized carbons (Fsp3) is 0. The van der Waals surface area contributed by atoms with Crippen LogP contribution < -0.4 is 0 Å². The van der Waals surface area contributed by atoms with Crippen LogP contribution in [0.2, 0.25) is 5.02 Å². The predicted octanol–water partition coefficient (Wildman–Crippen LogP) is 7.38. The van der Waals surface area contributed by atoms with Crippen molar-refractivity contribution in [3.8, 4) is 22.4 Å². The van der Waals surface area contributed by atoms with Crippen LogP contribution in [0.4, 0.5) is 0 Å². The standard InChI is InChI=1S/C25H16ClN/c26-20-11-6-10-19(15-20)24-16-22(17-7-2-1-3-8-17)25-21-12-5-4-9-18(21)13-14-23(25)27-24/h1-16H. The van der Waals surface area contributed by atoms with Gasteiger partial charge in [-0.05, 0) is 46.2 Å². The van der Waals surface area contributed by atoms with Gasteiger partial charge in [-0.1, -0.05) is 84.4 Å². The Balaban J connectivity index is 1.90. The van der Waals surface area contributed by atoms with E-state index in [0.717, 1.165) is 16.8 Å². The maximum Gasteiger partial charge on any atom is 0.0722 e. The van der Waals surface area contributed by atoms with Gasteiger partial charge < -0.3 is 0 Å². The zero-order chi connectivity index (χ0) is 18.2. The van der Waals surface area contributed by atoms with Crippen molar-refractivity contribution in [2.24, 2.45) is 0 Å². The minimum atomic E-state index is 0.717. The zero-order valence-corrected chi connectivity index (χ0v) is 15.3. The maximum atomic E-state index is 6.22. The molecule has 0 radical (unpaired) electrons. The summed E-state index contributed by atoms with van der Waals surface area (Å²) in [4.78, 5) is 4.96. The SMILES string of the molecule is Clc1cccc(-c2cc(-c3ccccc3)c3c(ccc4ccccc43)n2)c1. The van der Waals surface area contributed by atoms with E-state index in [9.17, 15) is 0 Å². The lowest BCUT2D eigenvalue weighted by Gasteiger charge is -2.13. The topological polar surface area (TPSA) is 12.9 Å². The number of aromatic nitrogens is 1. The van der Waals surface area contributed by atoms with Gasteiger partial charge in [0.05, 0.1) is 11.2 Å². The molecule has 1 nitrogen and oxygen atoms in total. The molecule has 0 atom stereocenters. The third kappa shape index (κ3) is 2.87. The first-order valence-electron chi connectivity index (χ1n) is 8.93. The highest BCUT2D eigenvalue weighted by Crippen LogP contribution is 2.36. The Morgan fingerprint density at radius 1 is 0.630 bits per heavy atom. The Morgan fingerprint density at radius 3 is 2.26 bits per heavy atom. The summed E-state index contributed by atoms with van der Waals surface area (Å²) < 4.78 is 0. The van der Waals surface area contributed by atoms with Gasteiger partial charge in [0.2, 0.25) is 0 Å². The quantitative estimate of drug-likeness (QED) is 0.297. The fourth-order valence-corrected chi connectivity index (χ4v) is 3.84. The summed E-state index contributed by atoms with van der Waals surface area (Å²) in [5.74, 6) is 0. The van der Waals surface area contributed by atoms with Crippen molar-refractivity contribution in [2.45, 2.75) is 0 Å². The minimum Gasteiger partial charge on any atom is -0.248 e. The molecule has 5 rings (SSSR count). The highest BCUT2D eigenvalue weighted by Gasteiger charge is 2.12. The van der Waals surface area contributed by atoms with E-state index in [1.807, 2.05) is 24.3 Å². The Bertz CT molecular complexity index is 1280. The molecule has 0 bridgehead atoms. The molecule has 0 aliphatic rings. The molecule has 5 aromatic rings. The van der Waals surface area contributed by atoms with Gasteiger partial charge in [0.1, 0.15) is 0 Å². The number of hydrogen-bond donors (Lipinski definition) is 0. The van der Waals surface area contributed by atoms with E-state index in [2.05, 4.69) is 72.8 Å². The number of rotatable bonds is 2. The molecule has 128 valence electrons. The summed E-state index contributed by atoms with van der Waals surface area (Å²) in [5, 5.41) is 4.35. The van der Waals surface area contributed by atoms with Crippen LogP contribution in [0.25, 0.3) is 44.1 Å². The summed E-state index contributed by atoms with van der Waals surface area (Å²) in [5.41, 5.74) is 5.32. The smallest absolute Gasteiger partial charge is 0.0722 e. The number of nitrogens with zero attached hydrogens (tertiary/aromatic N) is 1. The first-order chi connectivity index (χ1) is 13.3. The van der Waals surface area contributed by atoms with Gasteiger partial charge in [-0.25, -0.2) is 4.98 Å². The largest absolute Gasteiger partial charge is 0.248 e. The molecule has 27 heavy (non-hydrogen) atoms. The summed E-state index contributed by atoms with van der Waals surface area (Å²) >= 11 is 6.22. The van der Waals surface area contributed by atoms with E-state index in [-0.39, 0.29) is 0 Å². The van der Waals surface area contributed by atoms with E-state index >= 15 is 0 Å². The van der Waals surface area contributed by atoms with Crippen LogP contribution >= 0.6 is 11.6 Å². The second-order valence-corrected chi connectivity index (χ2v) is 7.05. The first-order valence-corrected chi connectivity index (χ1v) is 9.31. The van der Waals surface area contributed by atoms with Gasteiger partial charge in [-0.3, -0.25) is 0 Å². The van der Waals surface area contributed by atoms with Gasteiger partial charge in [0.15, 0.2) is 0 Å². The summed E-state index contributed by atoms with van der Waals surface area (Å²) in [6.07, 6.45) is 0. The van der Waals surface area contributed by atoms with Crippen LogP contribution in [-0.2, 0) is 0 Å². The molecule has 4 aromatic carbocycles. The number of hydrogen-bond acceptors (Lipinski definition) is 1. The number of fused-ring (bicyclic) bond motifs is 3. The van der Waals surface area contributed by atoms with E-state index in [1.165, 1.54) is 27.3 Å². The molecule has 0 saturated carbocycles. The Morgan fingerprint density at radius 2 is 1.41 bits per heavy atom. The molecule has 0 saturated heterocycles. The molecule has 0 fully saturated rings. The third-order valence-electron chi connectivity index (χ3n) is 4.90. The number of pyridine rings is 1. The van der Waals surface area contributed by atoms with Crippen LogP contribution in [0.3, 0.4) is 0 Å². The lowest BCUT2D eigenvalue weighted by Crippen LogP contribution is -1.91. The van der Waals surface area contributed by atoms with Crippen molar-refractivity contribution in [2.75, 3.05) is 0 Å².